The van der Waals surface area contributed by atoms with Crippen molar-refractivity contribution < 1.29 is 4.79 Å². The number of rotatable bonds is 6. The van der Waals surface area contributed by atoms with Crippen LogP contribution >= 0.6 is 11.6 Å². The van der Waals surface area contributed by atoms with Gasteiger partial charge in [-0.2, -0.15) is 0 Å². The highest BCUT2D eigenvalue weighted by atomic mass is 35.5. The highest BCUT2D eigenvalue weighted by Gasteiger charge is 2.27. The molecular formula is C17H24ClNO. The second-order valence-corrected chi connectivity index (χ2v) is 6.03. The third-order valence-electron chi connectivity index (χ3n) is 4.17. The number of alkyl halides is 1. The summed E-state index contributed by atoms with van der Waals surface area (Å²) in [5.74, 6) is 1.06. The Morgan fingerprint density at radius 1 is 1.30 bits per heavy atom. The van der Waals surface area contributed by atoms with Crippen LogP contribution in [0.15, 0.2) is 24.3 Å². The van der Waals surface area contributed by atoms with E-state index in [0.717, 1.165) is 45.1 Å². The summed E-state index contributed by atoms with van der Waals surface area (Å²) in [6, 6.07) is 8.40. The van der Waals surface area contributed by atoms with E-state index in [-0.39, 0.29) is 11.8 Å². The Hall–Kier alpha value is -1.02. The molecule has 0 aromatic heterocycles. The minimum Gasteiger partial charge on any atom is -0.345 e. The van der Waals surface area contributed by atoms with E-state index in [1.165, 1.54) is 11.1 Å². The maximum Gasteiger partial charge on any atom is 0.229 e. The molecule has 20 heavy (non-hydrogen) atoms. The van der Waals surface area contributed by atoms with Gasteiger partial charge in [0.05, 0.1) is 5.92 Å². The lowest BCUT2D eigenvalue weighted by atomic mass is 9.82. The second-order valence-electron chi connectivity index (χ2n) is 5.65. The van der Waals surface area contributed by atoms with E-state index in [1.54, 1.807) is 0 Å². The van der Waals surface area contributed by atoms with Crippen LogP contribution in [0.5, 0.6) is 0 Å². The van der Waals surface area contributed by atoms with Crippen LogP contribution in [0, 0.1) is 0 Å². The molecule has 1 unspecified atom stereocenters. The molecular weight excluding hydrogens is 270 g/mol. The first-order valence-electron chi connectivity index (χ1n) is 7.62. The maximum atomic E-state index is 12.6. The molecule has 1 aliphatic carbocycles. The van der Waals surface area contributed by atoms with E-state index in [4.69, 9.17) is 11.6 Å². The molecule has 1 aromatic rings. The molecule has 0 saturated carbocycles. The van der Waals surface area contributed by atoms with Gasteiger partial charge in [-0.05, 0) is 43.2 Å². The van der Waals surface area contributed by atoms with Crippen LogP contribution in [-0.2, 0) is 11.2 Å². The molecule has 0 bridgehead atoms. The Kier molecular flexibility index (Phi) is 5.90. The Bertz CT molecular complexity index is 446. The van der Waals surface area contributed by atoms with Gasteiger partial charge in [0.1, 0.15) is 0 Å². The van der Waals surface area contributed by atoms with E-state index >= 15 is 0 Å². The highest BCUT2D eigenvalue weighted by molar-refractivity contribution is 6.17. The summed E-state index contributed by atoms with van der Waals surface area (Å²) < 4.78 is 0. The van der Waals surface area contributed by atoms with Crippen molar-refractivity contribution in [3.8, 4) is 0 Å². The van der Waals surface area contributed by atoms with E-state index in [0.29, 0.717) is 5.88 Å². The normalized spacial score (nSPS) is 17.6. The molecule has 0 N–H and O–H groups in total. The fraction of sp³-hybridized carbons (Fsp3) is 0.588. The maximum absolute atomic E-state index is 12.6. The minimum atomic E-state index is 0.0676. The molecule has 2 rings (SSSR count). The lowest BCUT2D eigenvalue weighted by Crippen LogP contribution is -2.34. The van der Waals surface area contributed by atoms with Crippen LogP contribution in [0.25, 0.3) is 0 Å². The van der Waals surface area contributed by atoms with Crippen LogP contribution in [0.3, 0.4) is 0 Å². The zero-order valence-electron chi connectivity index (χ0n) is 12.3. The van der Waals surface area contributed by atoms with Crippen molar-refractivity contribution in [2.24, 2.45) is 0 Å². The van der Waals surface area contributed by atoms with Gasteiger partial charge < -0.3 is 4.90 Å². The third kappa shape index (κ3) is 3.76. The Morgan fingerprint density at radius 2 is 2.10 bits per heavy atom. The van der Waals surface area contributed by atoms with Crippen LogP contribution in [-0.4, -0.2) is 30.3 Å². The Morgan fingerprint density at radius 3 is 2.90 bits per heavy atom. The van der Waals surface area contributed by atoms with Gasteiger partial charge in [0.25, 0.3) is 0 Å². The molecule has 0 fully saturated rings. The van der Waals surface area contributed by atoms with Gasteiger partial charge in [-0.15, -0.1) is 11.6 Å². The summed E-state index contributed by atoms with van der Waals surface area (Å²) in [6.07, 6.45) is 6.40. The lowest BCUT2D eigenvalue weighted by Gasteiger charge is -2.28. The van der Waals surface area contributed by atoms with Gasteiger partial charge >= 0.3 is 0 Å². The zero-order chi connectivity index (χ0) is 14.4. The van der Waals surface area contributed by atoms with Crippen LogP contribution in [0.2, 0.25) is 0 Å². The standard InChI is InChI=1S/C17H24ClNO/c1-19(13-6-2-5-12-18)17(20)16-11-7-9-14-8-3-4-10-15(14)16/h3-4,8,10,16H,2,5-7,9,11-13H2,1H3. The fourth-order valence-electron chi connectivity index (χ4n) is 3.01. The number of nitrogens with zero attached hydrogens (tertiary/aromatic N) is 1. The molecule has 3 heteroatoms. The van der Waals surface area contributed by atoms with Gasteiger partial charge in [0.2, 0.25) is 5.91 Å². The highest BCUT2D eigenvalue weighted by Crippen LogP contribution is 2.32. The average molecular weight is 294 g/mol. The van der Waals surface area contributed by atoms with Crippen LogP contribution in [0.1, 0.15) is 49.1 Å². The van der Waals surface area contributed by atoms with E-state index in [9.17, 15) is 4.79 Å². The number of carbonyl (C=O) groups excluding carboxylic acids is 1. The second kappa shape index (κ2) is 7.68. The number of hydrogen-bond donors (Lipinski definition) is 0. The van der Waals surface area contributed by atoms with Gasteiger partial charge in [0.15, 0.2) is 0 Å². The van der Waals surface area contributed by atoms with Crippen molar-refractivity contribution in [1.82, 2.24) is 4.90 Å². The third-order valence-corrected chi connectivity index (χ3v) is 4.44. The zero-order valence-corrected chi connectivity index (χ0v) is 13.0. The first-order valence-corrected chi connectivity index (χ1v) is 8.16. The van der Waals surface area contributed by atoms with Gasteiger partial charge in [-0.3, -0.25) is 4.79 Å². The van der Waals surface area contributed by atoms with Crippen LogP contribution in [0.4, 0.5) is 0 Å². The lowest BCUT2D eigenvalue weighted by molar-refractivity contribution is -0.131. The number of amides is 1. The van der Waals surface area contributed by atoms with Crippen molar-refractivity contribution >= 4 is 17.5 Å². The predicted molar refractivity (Wildman–Crippen MR) is 84.3 cm³/mol. The molecule has 0 heterocycles. The van der Waals surface area contributed by atoms with Crippen molar-refractivity contribution in [3.63, 3.8) is 0 Å². The summed E-state index contributed by atoms with van der Waals surface area (Å²) in [5, 5.41) is 0. The SMILES string of the molecule is CN(CCCCCCl)C(=O)C1CCCc2ccccc21. The average Bonchev–Trinajstić information content (AvgIpc) is 2.50. The number of carbonyl (C=O) groups is 1. The first kappa shape index (κ1) is 15.4. The summed E-state index contributed by atoms with van der Waals surface area (Å²) in [6.45, 7) is 0.842. The number of halogens is 1. The van der Waals surface area contributed by atoms with Gasteiger partial charge in [-0.25, -0.2) is 0 Å². The first-order chi connectivity index (χ1) is 9.74. The molecule has 0 spiro atoms. The summed E-state index contributed by atoms with van der Waals surface area (Å²) in [4.78, 5) is 14.5. The Labute approximate surface area is 127 Å². The molecule has 0 aliphatic heterocycles. The number of aryl methyl sites for hydroxylation is 1. The quantitative estimate of drug-likeness (QED) is 0.574. The molecule has 2 nitrogen and oxygen atoms in total. The molecule has 1 amide bonds. The van der Waals surface area contributed by atoms with Gasteiger partial charge in [-0.1, -0.05) is 30.7 Å². The predicted octanol–water partition coefficient (Wildman–Crippen LogP) is 3.97. The Balaban J connectivity index is 1.96. The topological polar surface area (TPSA) is 20.3 Å². The number of fused-ring (bicyclic) bond motifs is 1. The summed E-state index contributed by atoms with van der Waals surface area (Å²) >= 11 is 5.68. The molecule has 1 aromatic carbocycles. The van der Waals surface area contributed by atoms with Gasteiger partial charge in [0, 0.05) is 19.5 Å². The molecule has 1 aliphatic rings. The van der Waals surface area contributed by atoms with E-state index in [1.807, 2.05) is 18.0 Å². The molecule has 0 radical (unpaired) electrons. The summed E-state index contributed by atoms with van der Waals surface area (Å²) in [5.41, 5.74) is 2.60. The largest absolute Gasteiger partial charge is 0.345 e. The molecule has 110 valence electrons. The van der Waals surface area contributed by atoms with Crippen molar-refractivity contribution in [2.75, 3.05) is 19.5 Å². The number of unbranched alkanes of at least 4 members (excludes halogenated alkanes) is 2. The fourth-order valence-corrected chi connectivity index (χ4v) is 3.20. The summed E-state index contributed by atoms with van der Waals surface area (Å²) in [7, 11) is 1.93. The van der Waals surface area contributed by atoms with E-state index in [2.05, 4.69) is 18.2 Å². The monoisotopic (exact) mass is 293 g/mol. The smallest absolute Gasteiger partial charge is 0.229 e. The van der Waals surface area contributed by atoms with Crippen LogP contribution < -0.4 is 0 Å². The number of hydrogen-bond acceptors (Lipinski definition) is 1. The number of likely N-dealkylation sites (N-methyl/N-ethyl adjacent to an activating group) is 1. The van der Waals surface area contributed by atoms with Crippen molar-refractivity contribution in [3.05, 3.63) is 35.4 Å². The van der Waals surface area contributed by atoms with Crippen molar-refractivity contribution in [2.45, 2.75) is 44.4 Å². The minimum absolute atomic E-state index is 0.0676. The van der Waals surface area contributed by atoms with E-state index < -0.39 is 0 Å². The van der Waals surface area contributed by atoms with Crippen molar-refractivity contribution in [1.29, 1.82) is 0 Å². The number of benzene rings is 1. The molecule has 1 atom stereocenters. The molecule has 0 saturated heterocycles.